The van der Waals surface area contributed by atoms with E-state index in [9.17, 15) is 0 Å². The van der Waals surface area contributed by atoms with Gasteiger partial charge in [0.1, 0.15) is 0 Å². The van der Waals surface area contributed by atoms with Gasteiger partial charge in [-0.3, -0.25) is 0 Å². The van der Waals surface area contributed by atoms with Crippen molar-refractivity contribution >= 4 is 24.2 Å². The van der Waals surface area contributed by atoms with Crippen LogP contribution in [0.25, 0.3) is 0 Å². The van der Waals surface area contributed by atoms with E-state index in [1.165, 1.54) is 11.1 Å². The Morgan fingerprint density at radius 3 is 1.90 bits per heavy atom. The zero-order valence-corrected chi connectivity index (χ0v) is 16.5. The van der Waals surface area contributed by atoms with Crippen molar-refractivity contribution in [1.82, 2.24) is 0 Å². The van der Waals surface area contributed by atoms with E-state index in [0.717, 1.165) is 11.1 Å². The van der Waals surface area contributed by atoms with E-state index in [0.29, 0.717) is 16.6 Å². The predicted molar refractivity (Wildman–Crippen MR) is 94.7 cm³/mol. The molecule has 1 nitrogen and oxygen atoms in total. The van der Waals surface area contributed by atoms with Crippen LogP contribution >= 0.6 is 15.9 Å². The highest BCUT2D eigenvalue weighted by molar-refractivity contribution is 9.10. The quantitative estimate of drug-likeness (QED) is 0.532. The Balaban J connectivity index is 2.97. The van der Waals surface area contributed by atoms with Crippen LogP contribution in [0.15, 0.2) is 22.7 Å². The second kappa shape index (κ2) is 7.23. The van der Waals surface area contributed by atoms with Crippen molar-refractivity contribution in [3.05, 3.63) is 33.8 Å². The molecule has 0 N–H and O–H groups in total. The lowest BCUT2D eigenvalue weighted by molar-refractivity contribution is 0.265. The smallest absolute Gasteiger partial charge is 0.200 e. The highest BCUT2D eigenvalue weighted by Crippen LogP contribution is 2.42. The number of halogens is 1. The van der Waals surface area contributed by atoms with Gasteiger partial charge in [0.05, 0.1) is 6.61 Å². The van der Waals surface area contributed by atoms with Crippen molar-refractivity contribution < 1.29 is 4.43 Å². The third-order valence-corrected chi connectivity index (χ3v) is 11.0. The topological polar surface area (TPSA) is 9.23 Å². The molecule has 114 valence electrons. The van der Waals surface area contributed by atoms with E-state index < -0.39 is 8.32 Å². The van der Waals surface area contributed by atoms with Crippen molar-refractivity contribution in [3.63, 3.8) is 0 Å². The van der Waals surface area contributed by atoms with Crippen LogP contribution in [0.3, 0.4) is 0 Å². The van der Waals surface area contributed by atoms with Gasteiger partial charge in [0.2, 0.25) is 8.32 Å². The van der Waals surface area contributed by atoms with Crippen LogP contribution in [-0.4, -0.2) is 8.32 Å². The van der Waals surface area contributed by atoms with Crippen LogP contribution < -0.4 is 0 Å². The summed E-state index contributed by atoms with van der Waals surface area (Å²) < 4.78 is 7.78. The van der Waals surface area contributed by atoms with Crippen LogP contribution in [0, 0.1) is 6.92 Å². The van der Waals surface area contributed by atoms with Crippen molar-refractivity contribution in [1.29, 1.82) is 0 Å². The lowest BCUT2D eigenvalue weighted by atomic mass is 10.1. The first-order valence-corrected chi connectivity index (χ1v) is 10.5. The van der Waals surface area contributed by atoms with Gasteiger partial charge in [0, 0.05) is 4.47 Å². The van der Waals surface area contributed by atoms with Gasteiger partial charge in [0.15, 0.2) is 0 Å². The fourth-order valence-electron chi connectivity index (χ4n) is 3.52. The first-order valence-electron chi connectivity index (χ1n) is 7.60. The number of rotatable bonds is 6. The molecule has 0 fully saturated rings. The fourth-order valence-corrected chi connectivity index (χ4v) is 9.41. The van der Waals surface area contributed by atoms with Gasteiger partial charge >= 0.3 is 0 Å². The summed E-state index contributed by atoms with van der Waals surface area (Å²) in [6, 6.07) is 6.46. The monoisotopic (exact) mass is 356 g/mol. The highest BCUT2D eigenvalue weighted by atomic mass is 79.9. The first kappa shape index (κ1) is 17.9. The molecule has 0 atom stereocenters. The summed E-state index contributed by atoms with van der Waals surface area (Å²) in [5.74, 6) is 0. The minimum atomic E-state index is -1.76. The van der Waals surface area contributed by atoms with Crippen LogP contribution in [0.4, 0.5) is 0 Å². The summed E-state index contributed by atoms with van der Waals surface area (Å²) in [4.78, 5) is 0. The summed E-state index contributed by atoms with van der Waals surface area (Å²) in [5, 5.41) is 0. The average molecular weight is 357 g/mol. The molecule has 1 aromatic rings. The molecule has 0 unspecified atom stereocenters. The standard InChI is InChI=1S/C17H29BrOSi/c1-12(2)20(13(3)4,14(5)6)19-11-16-8-9-17(18)10-15(16)7/h8-10,12-14H,11H2,1-7H3. The predicted octanol–water partition coefficient (Wildman–Crippen LogP) is 6.45. The normalized spacial score (nSPS) is 12.8. The van der Waals surface area contributed by atoms with E-state index in [1.54, 1.807) is 0 Å². The zero-order valence-electron chi connectivity index (χ0n) is 14.0. The number of aryl methyl sites for hydroxylation is 1. The van der Waals surface area contributed by atoms with Crippen LogP contribution in [0.1, 0.15) is 52.7 Å². The third-order valence-electron chi connectivity index (χ3n) is 4.49. The van der Waals surface area contributed by atoms with E-state index in [-0.39, 0.29) is 0 Å². The minimum absolute atomic E-state index is 0.637. The second-order valence-electron chi connectivity index (χ2n) is 6.68. The number of hydrogen-bond acceptors (Lipinski definition) is 1. The molecule has 3 heteroatoms. The Hall–Kier alpha value is -0.123. The molecule has 0 amide bonds. The molecule has 0 saturated heterocycles. The molecule has 1 aromatic carbocycles. The van der Waals surface area contributed by atoms with Gasteiger partial charge in [-0.05, 0) is 46.8 Å². The Morgan fingerprint density at radius 2 is 1.50 bits per heavy atom. The molecular weight excluding hydrogens is 328 g/mol. The Morgan fingerprint density at radius 1 is 1.00 bits per heavy atom. The maximum atomic E-state index is 6.64. The molecule has 0 bridgehead atoms. The average Bonchev–Trinajstić information content (AvgIpc) is 2.30. The van der Waals surface area contributed by atoms with Crippen molar-refractivity contribution in [2.75, 3.05) is 0 Å². The summed E-state index contributed by atoms with van der Waals surface area (Å²) >= 11 is 3.52. The van der Waals surface area contributed by atoms with Gasteiger partial charge in [-0.15, -0.1) is 0 Å². The lowest BCUT2D eigenvalue weighted by Gasteiger charge is -2.42. The van der Waals surface area contributed by atoms with E-state index >= 15 is 0 Å². The maximum absolute atomic E-state index is 6.64. The molecule has 0 aliphatic carbocycles. The summed E-state index contributed by atoms with van der Waals surface area (Å²) in [6.07, 6.45) is 0. The molecule has 0 aliphatic rings. The maximum Gasteiger partial charge on any atom is 0.200 e. The molecule has 0 saturated carbocycles. The second-order valence-corrected chi connectivity index (χ2v) is 13.1. The van der Waals surface area contributed by atoms with Gasteiger partial charge in [-0.2, -0.15) is 0 Å². The molecule has 20 heavy (non-hydrogen) atoms. The fraction of sp³-hybridized carbons (Fsp3) is 0.647. The lowest BCUT2D eigenvalue weighted by Crippen LogP contribution is -2.47. The Kier molecular flexibility index (Phi) is 6.48. The molecule has 0 aliphatic heterocycles. The highest BCUT2D eigenvalue weighted by Gasteiger charge is 2.44. The van der Waals surface area contributed by atoms with Crippen molar-refractivity contribution in [2.45, 2.75) is 71.7 Å². The van der Waals surface area contributed by atoms with Crippen molar-refractivity contribution in [3.8, 4) is 0 Å². The SMILES string of the molecule is Cc1cc(Br)ccc1CO[Si](C(C)C)(C(C)C)C(C)C. The van der Waals surface area contributed by atoms with Crippen LogP contribution in [0.5, 0.6) is 0 Å². The van der Waals surface area contributed by atoms with Gasteiger partial charge in [0.25, 0.3) is 0 Å². The van der Waals surface area contributed by atoms with E-state index in [4.69, 9.17) is 4.43 Å². The number of benzene rings is 1. The molecular formula is C17H29BrOSi. The summed E-state index contributed by atoms with van der Waals surface area (Å²) in [6.45, 7) is 16.9. The van der Waals surface area contributed by atoms with Crippen LogP contribution in [-0.2, 0) is 11.0 Å². The van der Waals surface area contributed by atoms with Gasteiger partial charge < -0.3 is 4.43 Å². The molecule has 0 radical (unpaired) electrons. The third kappa shape index (κ3) is 3.74. The molecule has 1 rings (SSSR count). The van der Waals surface area contributed by atoms with E-state index in [1.807, 2.05) is 0 Å². The van der Waals surface area contributed by atoms with Gasteiger partial charge in [-0.25, -0.2) is 0 Å². The van der Waals surface area contributed by atoms with Gasteiger partial charge in [-0.1, -0.05) is 63.5 Å². The van der Waals surface area contributed by atoms with Crippen molar-refractivity contribution in [2.24, 2.45) is 0 Å². The first-order chi connectivity index (χ1) is 9.21. The summed E-state index contributed by atoms with van der Waals surface area (Å²) in [7, 11) is -1.76. The minimum Gasteiger partial charge on any atom is -0.412 e. The van der Waals surface area contributed by atoms with E-state index in [2.05, 4.69) is 82.6 Å². The Bertz CT molecular complexity index is 419. The Labute approximate surface area is 134 Å². The summed E-state index contributed by atoms with van der Waals surface area (Å²) in [5.41, 5.74) is 4.53. The zero-order chi connectivity index (χ0) is 15.5. The molecule has 0 heterocycles. The number of hydrogen-bond donors (Lipinski definition) is 0. The molecule has 0 aromatic heterocycles. The van der Waals surface area contributed by atoms with Crippen LogP contribution in [0.2, 0.25) is 16.6 Å². The molecule has 0 spiro atoms. The largest absolute Gasteiger partial charge is 0.412 e.